The first kappa shape index (κ1) is 20.5. The van der Waals surface area contributed by atoms with Gasteiger partial charge in [-0.25, -0.2) is 4.98 Å². The number of hydrogen-bond acceptors (Lipinski definition) is 4. The highest BCUT2D eigenvalue weighted by molar-refractivity contribution is 5.89. The monoisotopic (exact) mass is 420 g/mol. The highest BCUT2D eigenvalue weighted by atomic mass is 16.4. The van der Waals surface area contributed by atoms with Crippen LogP contribution in [0.1, 0.15) is 74.7 Å². The number of aryl methyl sites for hydroxylation is 2. The first-order valence-electron chi connectivity index (χ1n) is 11.8. The van der Waals surface area contributed by atoms with Gasteiger partial charge in [-0.1, -0.05) is 31.2 Å². The molecule has 164 valence electrons. The van der Waals surface area contributed by atoms with Gasteiger partial charge in [0.15, 0.2) is 0 Å². The number of oxazole rings is 1. The molecule has 5 atom stereocenters. The average Bonchev–Trinajstić information content (AvgIpc) is 3.27. The number of amides is 1. The number of carbonyl (C=O) groups excluding carboxylic acids is 2. The Morgan fingerprint density at radius 3 is 2.94 bits per heavy atom. The van der Waals surface area contributed by atoms with E-state index in [1.165, 1.54) is 17.5 Å². The Bertz CT molecular complexity index is 996. The highest BCUT2D eigenvalue weighted by Crippen LogP contribution is 2.62. The summed E-state index contributed by atoms with van der Waals surface area (Å²) in [6.07, 6.45) is 8.91. The Balaban J connectivity index is 1.27. The number of nitrogens with one attached hydrogen (secondary N) is 1. The fourth-order valence-electron chi connectivity index (χ4n) is 6.97. The van der Waals surface area contributed by atoms with E-state index in [0.29, 0.717) is 48.1 Å². The SMILES string of the molecule is Cc1cnc(NC(=O)CCC[C@@H]2CC(=O)[C@@]3(C)CCC4c5ccccc5CCC4C23)o1. The second kappa shape index (κ2) is 7.92. The summed E-state index contributed by atoms with van der Waals surface area (Å²) in [5.41, 5.74) is 2.86. The van der Waals surface area contributed by atoms with E-state index < -0.39 is 0 Å². The molecule has 5 heteroatoms. The van der Waals surface area contributed by atoms with E-state index in [4.69, 9.17) is 4.42 Å². The summed E-state index contributed by atoms with van der Waals surface area (Å²) in [4.78, 5) is 29.4. The number of hydrogen-bond donors (Lipinski definition) is 1. The minimum atomic E-state index is -0.171. The van der Waals surface area contributed by atoms with E-state index >= 15 is 0 Å². The molecule has 3 unspecified atom stereocenters. The van der Waals surface area contributed by atoms with Crippen LogP contribution >= 0.6 is 0 Å². The molecule has 0 spiro atoms. The third-order valence-corrected chi connectivity index (χ3v) is 8.33. The maximum absolute atomic E-state index is 13.1. The molecular formula is C26H32N2O3. The lowest BCUT2D eigenvalue weighted by molar-refractivity contribution is -0.129. The van der Waals surface area contributed by atoms with E-state index in [9.17, 15) is 9.59 Å². The molecule has 1 amide bonds. The lowest BCUT2D eigenvalue weighted by Crippen LogP contribution is -2.44. The van der Waals surface area contributed by atoms with Gasteiger partial charge in [-0.2, -0.15) is 0 Å². The normalized spacial score (nSPS) is 31.6. The van der Waals surface area contributed by atoms with Crippen molar-refractivity contribution in [3.05, 3.63) is 47.3 Å². The van der Waals surface area contributed by atoms with Gasteiger partial charge in [-0.3, -0.25) is 14.9 Å². The molecule has 0 saturated heterocycles. The summed E-state index contributed by atoms with van der Waals surface area (Å²) in [5.74, 6) is 3.10. The van der Waals surface area contributed by atoms with Crippen LogP contribution in [0, 0.1) is 30.1 Å². The Hall–Kier alpha value is -2.43. The number of rotatable bonds is 5. The number of Topliss-reactive ketones (excluding diaryl/α,β-unsaturated/α-hetero) is 1. The van der Waals surface area contributed by atoms with Crippen LogP contribution in [-0.2, 0) is 16.0 Å². The zero-order valence-corrected chi connectivity index (χ0v) is 18.5. The van der Waals surface area contributed by atoms with Gasteiger partial charge in [-0.15, -0.1) is 0 Å². The topological polar surface area (TPSA) is 72.2 Å². The smallest absolute Gasteiger partial charge is 0.301 e. The van der Waals surface area contributed by atoms with Gasteiger partial charge >= 0.3 is 6.01 Å². The quantitative estimate of drug-likeness (QED) is 0.699. The predicted molar refractivity (Wildman–Crippen MR) is 119 cm³/mol. The zero-order chi connectivity index (χ0) is 21.6. The van der Waals surface area contributed by atoms with Crippen LogP contribution in [0.15, 0.2) is 34.9 Å². The van der Waals surface area contributed by atoms with Crippen LogP contribution in [0.4, 0.5) is 6.01 Å². The van der Waals surface area contributed by atoms with Crippen molar-refractivity contribution in [3.63, 3.8) is 0 Å². The van der Waals surface area contributed by atoms with E-state index in [1.807, 2.05) is 0 Å². The number of nitrogens with zero attached hydrogens (tertiary/aromatic N) is 1. The summed E-state index contributed by atoms with van der Waals surface area (Å²) in [7, 11) is 0. The molecule has 0 aliphatic heterocycles. The molecule has 1 aromatic carbocycles. The summed E-state index contributed by atoms with van der Waals surface area (Å²) >= 11 is 0. The summed E-state index contributed by atoms with van der Waals surface area (Å²) < 4.78 is 5.33. The number of benzene rings is 1. The number of anilines is 1. The van der Waals surface area contributed by atoms with E-state index in [0.717, 1.165) is 32.1 Å². The Morgan fingerprint density at radius 1 is 1.29 bits per heavy atom. The first-order chi connectivity index (χ1) is 15.0. The van der Waals surface area contributed by atoms with Gasteiger partial charge in [0.25, 0.3) is 0 Å². The lowest BCUT2D eigenvalue weighted by atomic mass is 9.54. The Labute approximate surface area is 184 Å². The molecular weight excluding hydrogens is 388 g/mol. The first-order valence-corrected chi connectivity index (χ1v) is 11.8. The summed E-state index contributed by atoms with van der Waals surface area (Å²) in [5, 5.41) is 2.73. The number of carbonyl (C=O) groups is 2. The van der Waals surface area contributed by atoms with Crippen LogP contribution in [0.3, 0.4) is 0 Å². The van der Waals surface area contributed by atoms with Crippen molar-refractivity contribution in [2.45, 2.75) is 71.1 Å². The average molecular weight is 421 g/mol. The van der Waals surface area contributed by atoms with Gasteiger partial charge in [0.05, 0.1) is 6.20 Å². The third kappa shape index (κ3) is 3.62. The molecule has 3 aliphatic rings. The fourth-order valence-corrected chi connectivity index (χ4v) is 6.97. The molecule has 2 saturated carbocycles. The standard InChI is InChI=1S/C26H32N2O3/c1-16-15-27-25(31-16)28-23(30)9-5-7-18-14-22(29)26(2)13-12-20-19-8-4-3-6-17(19)10-11-21(20)24(18)26/h3-4,6,8,15,18,20-21,24H,5,7,9-14H2,1-2H3,(H,27,28,30)/t18-,20?,21?,24?,26-/m1/s1. The van der Waals surface area contributed by atoms with Crippen molar-refractivity contribution in [1.29, 1.82) is 0 Å². The molecule has 5 nitrogen and oxygen atoms in total. The summed E-state index contributed by atoms with van der Waals surface area (Å²) in [6.45, 7) is 4.03. The van der Waals surface area contributed by atoms with E-state index in [-0.39, 0.29) is 17.3 Å². The van der Waals surface area contributed by atoms with Gasteiger partial charge in [0.2, 0.25) is 5.91 Å². The van der Waals surface area contributed by atoms with Crippen LogP contribution in [-0.4, -0.2) is 16.7 Å². The van der Waals surface area contributed by atoms with E-state index in [1.54, 1.807) is 13.1 Å². The molecule has 0 radical (unpaired) electrons. The molecule has 5 rings (SSSR count). The van der Waals surface area contributed by atoms with Crippen molar-refractivity contribution in [2.75, 3.05) is 5.32 Å². The van der Waals surface area contributed by atoms with Crippen molar-refractivity contribution in [1.82, 2.24) is 4.98 Å². The van der Waals surface area contributed by atoms with Gasteiger partial charge in [-0.05, 0) is 80.2 Å². The second-order valence-electron chi connectivity index (χ2n) is 10.1. The molecule has 2 aromatic rings. The van der Waals surface area contributed by atoms with Crippen molar-refractivity contribution >= 4 is 17.7 Å². The second-order valence-corrected chi connectivity index (χ2v) is 10.1. The molecule has 1 N–H and O–H groups in total. The highest BCUT2D eigenvalue weighted by Gasteiger charge is 2.58. The predicted octanol–water partition coefficient (Wildman–Crippen LogP) is 5.44. The van der Waals surface area contributed by atoms with Crippen LogP contribution < -0.4 is 5.32 Å². The van der Waals surface area contributed by atoms with Crippen molar-refractivity contribution < 1.29 is 14.0 Å². The van der Waals surface area contributed by atoms with Gasteiger partial charge < -0.3 is 4.42 Å². The zero-order valence-electron chi connectivity index (χ0n) is 18.5. The van der Waals surface area contributed by atoms with Crippen molar-refractivity contribution in [2.24, 2.45) is 23.2 Å². The van der Waals surface area contributed by atoms with Gasteiger partial charge in [0.1, 0.15) is 11.5 Å². The number of fused-ring (bicyclic) bond motifs is 5. The lowest BCUT2D eigenvalue weighted by Gasteiger charge is -2.50. The van der Waals surface area contributed by atoms with Gasteiger partial charge in [0, 0.05) is 18.3 Å². The summed E-state index contributed by atoms with van der Waals surface area (Å²) in [6, 6.07) is 9.18. The van der Waals surface area contributed by atoms with Crippen molar-refractivity contribution in [3.8, 4) is 0 Å². The molecule has 1 heterocycles. The van der Waals surface area contributed by atoms with E-state index in [2.05, 4.69) is 41.5 Å². The molecule has 1 aromatic heterocycles. The number of ketones is 1. The fraction of sp³-hybridized carbons (Fsp3) is 0.577. The Morgan fingerprint density at radius 2 is 2.13 bits per heavy atom. The minimum absolute atomic E-state index is 0.0675. The third-order valence-electron chi connectivity index (χ3n) is 8.33. The molecule has 0 bridgehead atoms. The maximum Gasteiger partial charge on any atom is 0.301 e. The van der Waals surface area contributed by atoms with Crippen LogP contribution in [0.5, 0.6) is 0 Å². The molecule has 2 fully saturated rings. The largest absolute Gasteiger partial charge is 0.429 e. The van der Waals surface area contributed by atoms with Crippen LogP contribution in [0.25, 0.3) is 0 Å². The Kier molecular flexibility index (Phi) is 5.23. The molecule has 3 aliphatic carbocycles. The van der Waals surface area contributed by atoms with Crippen LogP contribution in [0.2, 0.25) is 0 Å². The maximum atomic E-state index is 13.1. The minimum Gasteiger partial charge on any atom is -0.429 e. The number of aromatic nitrogens is 1. The molecule has 31 heavy (non-hydrogen) atoms.